The van der Waals surface area contributed by atoms with Crippen LogP contribution in [0.25, 0.3) is 0 Å². The van der Waals surface area contributed by atoms with Gasteiger partial charge in [0, 0.05) is 31.0 Å². The Morgan fingerprint density at radius 2 is 2.11 bits per heavy atom. The van der Waals surface area contributed by atoms with Gasteiger partial charge in [-0.05, 0) is 39.7 Å². The summed E-state index contributed by atoms with van der Waals surface area (Å²) in [6.07, 6.45) is 9.46. The molecular formula is C14H24N4. The molecule has 2 saturated heterocycles. The Labute approximate surface area is 109 Å². The first-order chi connectivity index (χ1) is 8.75. The minimum atomic E-state index is 0.440. The van der Waals surface area contributed by atoms with Crippen molar-refractivity contribution in [3.05, 3.63) is 12.4 Å². The van der Waals surface area contributed by atoms with E-state index in [1.807, 2.05) is 6.20 Å². The first-order valence-electron chi connectivity index (χ1n) is 7.29. The van der Waals surface area contributed by atoms with Gasteiger partial charge in [0.1, 0.15) is 0 Å². The lowest BCUT2D eigenvalue weighted by atomic mass is 9.99. The molecule has 0 saturated carbocycles. The van der Waals surface area contributed by atoms with E-state index < -0.39 is 0 Å². The van der Waals surface area contributed by atoms with Crippen LogP contribution in [-0.2, 0) is 0 Å². The number of piperidine rings is 1. The van der Waals surface area contributed by atoms with Crippen molar-refractivity contribution in [3.8, 4) is 0 Å². The van der Waals surface area contributed by atoms with E-state index in [0.29, 0.717) is 12.1 Å². The van der Waals surface area contributed by atoms with E-state index in [9.17, 15) is 0 Å². The highest BCUT2D eigenvalue weighted by Crippen LogP contribution is 2.36. The van der Waals surface area contributed by atoms with Crippen LogP contribution >= 0.6 is 0 Å². The molecule has 100 valence electrons. The SMILES string of the molecule is CC(C)Nc1nccn1C1CCN2CCCCC12. The second-order valence-corrected chi connectivity index (χ2v) is 5.91. The molecule has 1 N–H and O–H groups in total. The third-order valence-electron chi connectivity index (χ3n) is 4.26. The van der Waals surface area contributed by atoms with Gasteiger partial charge in [-0.25, -0.2) is 4.98 Å². The van der Waals surface area contributed by atoms with Crippen molar-refractivity contribution in [2.75, 3.05) is 18.4 Å². The van der Waals surface area contributed by atoms with Gasteiger partial charge in [-0.15, -0.1) is 0 Å². The molecule has 4 heteroatoms. The number of rotatable bonds is 3. The van der Waals surface area contributed by atoms with Gasteiger partial charge < -0.3 is 9.88 Å². The lowest BCUT2D eigenvalue weighted by molar-refractivity contribution is 0.174. The summed E-state index contributed by atoms with van der Waals surface area (Å²) >= 11 is 0. The van der Waals surface area contributed by atoms with Gasteiger partial charge in [0.2, 0.25) is 5.95 Å². The smallest absolute Gasteiger partial charge is 0.203 e. The van der Waals surface area contributed by atoms with E-state index in [-0.39, 0.29) is 0 Å². The summed E-state index contributed by atoms with van der Waals surface area (Å²) in [5, 5.41) is 3.46. The van der Waals surface area contributed by atoms with Crippen LogP contribution in [0, 0.1) is 0 Å². The second-order valence-electron chi connectivity index (χ2n) is 5.91. The predicted molar refractivity (Wildman–Crippen MR) is 73.9 cm³/mol. The summed E-state index contributed by atoms with van der Waals surface area (Å²) < 4.78 is 2.37. The maximum absolute atomic E-state index is 4.47. The van der Waals surface area contributed by atoms with E-state index in [1.165, 1.54) is 38.8 Å². The Hall–Kier alpha value is -1.03. The second kappa shape index (κ2) is 4.92. The maximum Gasteiger partial charge on any atom is 0.203 e. The minimum absolute atomic E-state index is 0.440. The Morgan fingerprint density at radius 3 is 2.94 bits per heavy atom. The third-order valence-corrected chi connectivity index (χ3v) is 4.26. The number of nitrogens with one attached hydrogen (secondary N) is 1. The molecule has 3 rings (SSSR count). The fraction of sp³-hybridized carbons (Fsp3) is 0.786. The quantitative estimate of drug-likeness (QED) is 0.892. The summed E-state index contributed by atoms with van der Waals surface area (Å²) in [7, 11) is 0. The first kappa shape index (κ1) is 12.0. The average molecular weight is 248 g/mol. The zero-order valence-electron chi connectivity index (χ0n) is 11.5. The molecule has 3 heterocycles. The molecule has 2 fully saturated rings. The van der Waals surface area contributed by atoms with Crippen molar-refractivity contribution in [2.45, 2.75) is 57.7 Å². The summed E-state index contributed by atoms with van der Waals surface area (Å²) in [6.45, 7) is 6.89. The Kier molecular flexibility index (Phi) is 3.29. The van der Waals surface area contributed by atoms with Crippen molar-refractivity contribution < 1.29 is 0 Å². The van der Waals surface area contributed by atoms with Crippen LogP contribution in [0.15, 0.2) is 12.4 Å². The molecule has 2 atom stereocenters. The van der Waals surface area contributed by atoms with Gasteiger partial charge in [0.25, 0.3) is 0 Å². The number of imidazole rings is 1. The average Bonchev–Trinajstić information content (AvgIpc) is 2.94. The predicted octanol–water partition coefficient (Wildman–Crippen LogP) is 2.50. The van der Waals surface area contributed by atoms with E-state index >= 15 is 0 Å². The number of hydrogen-bond donors (Lipinski definition) is 1. The van der Waals surface area contributed by atoms with Crippen molar-refractivity contribution in [1.29, 1.82) is 0 Å². The molecule has 2 aliphatic rings. The highest BCUT2D eigenvalue weighted by molar-refractivity contribution is 5.28. The molecule has 1 aromatic heterocycles. The first-order valence-corrected chi connectivity index (χ1v) is 7.29. The zero-order valence-corrected chi connectivity index (χ0v) is 11.5. The zero-order chi connectivity index (χ0) is 12.5. The topological polar surface area (TPSA) is 33.1 Å². The van der Waals surface area contributed by atoms with E-state index in [2.05, 4.69) is 39.8 Å². The molecule has 0 spiro atoms. The van der Waals surface area contributed by atoms with Crippen LogP contribution in [0.3, 0.4) is 0 Å². The molecule has 0 aliphatic carbocycles. The van der Waals surface area contributed by atoms with E-state index in [0.717, 1.165) is 12.0 Å². The third kappa shape index (κ3) is 2.14. The van der Waals surface area contributed by atoms with Gasteiger partial charge >= 0.3 is 0 Å². The molecule has 2 unspecified atom stereocenters. The summed E-state index contributed by atoms with van der Waals surface area (Å²) in [6, 6.07) is 1.80. The largest absolute Gasteiger partial charge is 0.353 e. The van der Waals surface area contributed by atoms with Crippen molar-refractivity contribution in [2.24, 2.45) is 0 Å². The van der Waals surface area contributed by atoms with Gasteiger partial charge in [0.05, 0.1) is 6.04 Å². The molecule has 0 aromatic carbocycles. The van der Waals surface area contributed by atoms with Crippen molar-refractivity contribution in [1.82, 2.24) is 14.5 Å². The lowest BCUT2D eigenvalue weighted by Gasteiger charge is -2.33. The molecular weight excluding hydrogens is 224 g/mol. The summed E-state index contributed by atoms with van der Waals surface area (Å²) in [4.78, 5) is 7.15. The highest BCUT2D eigenvalue weighted by atomic mass is 15.3. The normalized spacial score (nSPS) is 28.6. The molecule has 4 nitrogen and oxygen atoms in total. The van der Waals surface area contributed by atoms with Crippen molar-refractivity contribution >= 4 is 5.95 Å². The van der Waals surface area contributed by atoms with Crippen LogP contribution in [0.4, 0.5) is 5.95 Å². The Morgan fingerprint density at radius 1 is 1.22 bits per heavy atom. The fourth-order valence-corrected chi connectivity index (χ4v) is 3.50. The van der Waals surface area contributed by atoms with E-state index in [4.69, 9.17) is 0 Å². The number of nitrogens with zero attached hydrogens (tertiary/aromatic N) is 3. The Bertz CT molecular complexity index is 398. The number of aromatic nitrogens is 2. The lowest BCUT2D eigenvalue weighted by Crippen LogP contribution is -2.37. The van der Waals surface area contributed by atoms with E-state index in [1.54, 1.807) is 0 Å². The molecule has 2 aliphatic heterocycles. The maximum atomic E-state index is 4.47. The van der Waals surface area contributed by atoms with Crippen LogP contribution < -0.4 is 5.32 Å². The van der Waals surface area contributed by atoms with Crippen molar-refractivity contribution in [3.63, 3.8) is 0 Å². The summed E-state index contributed by atoms with van der Waals surface area (Å²) in [5.41, 5.74) is 0. The molecule has 0 bridgehead atoms. The minimum Gasteiger partial charge on any atom is -0.353 e. The van der Waals surface area contributed by atoms with Crippen LogP contribution in [0.5, 0.6) is 0 Å². The van der Waals surface area contributed by atoms with Crippen LogP contribution in [0.1, 0.15) is 45.6 Å². The Balaban J connectivity index is 1.80. The van der Waals surface area contributed by atoms with Gasteiger partial charge in [0.15, 0.2) is 0 Å². The molecule has 0 amide bonds. The van der Waals surface area contributed by atoms with Crippen LogP contribution in [-0.4, -0.2) is 39.6 Å². The van der Waals surface area contributed by atoms with Gasteiger partial charge in [-0.3, -0.25) is 4.90 Å². The standard InChI is InChI=1S/C14H24N4/c1-11(2)16-14-15-7-10-18(14)13-6-9-17-8-4-3-5-12(13)17/h7,10-13H,3-6,8-9H2,1-2H3,(H,15,16). The summed E-state index contributed by atoms with van der Waals surface area (Å²) in [5.74, 6) is 1.04. The molecule has 1 aromatic rings. The number of anilines is 1. The van der Waals surface area contributed by atoms with Crippen LogP contribution in [0.2, 0.25) is 0 Å². The number of hydrogen-bond acceptors (Lipinski definition) is 3. The molecule has 18 heavy (non-hydrogen) atoms. The number of fused-ring (bicyclic) bond motifs is 1. The van der Waals surface area contributed by atoms with Gasteiger partial charge in [-0.2, -0.15) is 0 Å². The van der Waals surface area contributed by atoms with Gasteiger partial charge in [-0.1, -0.05) is 6.42 Å². The monoisotopic (exact) mass is 248 g/mol. The fourth-order valence-electron chi connectivity index (χ4n) is 3.50. The highest BCUT2D eigenvalue weighted by Gasteiger charge is 2.37. The molecule has 0 radical (unpaired) electrons.